The van der Waals surface area contributed by atoms with Crippen molar-refractivity contribution >= 4 is 17.3 Å². The molecular weight excluding hydrogens is 412 g/mol. The monoisotopic (exact) mass is 446 g/mol. The Kier molecular flexibility index (Phi) is 8.43. The standard InChI is InChI=1S/C23H34N4O3S/c1-6-24-23(25-13-16(2)27-9-7-21-18(15-27)8-10-31-21)26-14-17-11-19(28-3)22(30-5)20(12-17)29-4/h8,10-12,16H,6-7,9,13-15H2,1-5H3,(H2,24,25,26). The molecule has 0 radical (unpaired) electrons. The van der Waals surface area contributed by atoms with Gasteiger partial charge < -0.3 is 24.8 Å². The molecule has 31 heavy (non-hydrogen) atoms. The molecule has 2 aromatic rings. The molecule has 8 heteroatoms. The fourth-order valence-corrected chi connectivity index (χ4v) is 4.65. The van der Waals surface area contributed by atoms with Gasteiger partial charge in [-0.3, -0.25) is 4.90 Å². The summed E-state index contributed by atoms with van der Waals surface area (Å²) in [4.78, 5) is 8.83. The van der Waals surface area contributed by atoms with Gasteiger partial charge in [0.15, 0.2) is 17.5 Å². The van der Waals surface area contributed by atoms with E-state index >= 15 is 0 Å². The predicted octanol–water partition coefficient (Wildman–Crippen LogP) is 3.28. The maximum absolute atomic E-state index is 5.45. The molecule has 1 atom stereocenters. The number of hydrogen-bond acceptors (Lipinski definition) is 6. The molecule has 0 saturated heterocycles. The molecule has 7 nitrogen and oxygen atoms in total. The molecule has 0 fully saturated rings. The van der Waals surface area contributed by atoms with Gasteiger partial charge in [0.1, 0.15) is 0 Å². The minimum absolute atomic E-state index is 0.415. The summed E-state index contributed by atoms with van der Waals surface area (Å²) in [5, 5.41) is 9.04. The summed E-state index contributed by atoms with van der Waals surface area (Å²) in [6.45, 7) is 8.62. The molecule has 2 N–H and O–H groups in total. The van der Waals surface area contributed by atoms with E-state index in [0.717, 1.165) is 44.1 Å². The van der Waals surface area contributed by atoms with Crippen LogP contribution >= 0.6 is 11.3 Å². The van der Waals surface area contributed by atoms with E-state index in [2.05, 4.69) is 40.8 Å². The number of nitrogens with one attached hydrogen (secondary N) is 2. The van der Waals surface area contributed by atoms with Gasteiger partial charge in [0, 0.05) is 37.1 Å². The molecular formula is C23H34N4O3S. The first kappa shape index (κ1) is 23.2. The van der Waals surface area contributed by atoms with Crippen molar-refractivity contribution in [1.82, 2.24) is 15.5 Å². The normalized spacial score (nSPS) is 15.2. The molecule has 1 aromatic carbocycles. The smallest absolute Gasteiger partial charge is 0.203 e. The Morgan fingerprint density at radius 3 is 2.55 bits per heavy atom. The Hall–Kier alpha value is -2.45. The second kappa shape index (κ2) is 11.2. The average Bonchev–Trinajstić information content (AvgIpc) is 3.27. The van der Waals surface area contributed by atoms with Crippen LogP contribution in [0.4, 0.5) is 0 Å². The first-order valence-corrected chi connectivity index (χ1v) is 11.6. The largest absolute Gasteiger partial charge is 0.493 e. The summed E-state index contributed by atoms with van der Waals surface area (Å²) < 4.78 is 16.3. The van der Waals surface area contributed by atoms with Crippen molar-refractivity contribution in [3.63, 3.8) is 0 Å². The molecule has 0 spiro atoms. The highest BCUT2D eigenvalue weighted by atomic mass is 32.1. The molecule has 1 aliphatic rings. The third kappa shape index (κ3) is 5.83. The van der Waals surface area contributed by atoms with E-state index in [1.54, 1.807) is 21.3 Å². The van der Waals surface area contributed by atoms with Crippen LogP contribution < -0.4 is 24.8 Å². The van der Waals surface area contributed by atoms with Crippen LogP contribution in [-0.4, -0.2) is 57.9 Å². The van der Waals surface area contributed by atoms with Crippen LogP contribution in [-0.2, 0) is 19.5 Å². The first-order chi connectivity index (χ1) is 15.1. The number of methoxy groups -OCH3 is 3. The zero-order valence-corrected chi connectivity index (χ0v) is 20.0. The number of rotatable bonds is 9. The number of fused-ring (bicyclic) bond motifs is 1. The number of guanidine groups is 1. The predicted molar refractivity (Wildman–Crippen MR) is 127 cm³/mol. The van der Waals surface area contributed by atoms with E-state index in [1.165, 1.54) is 10.4 Å². The summed E-state index contributed by atoms with van der Waals surface area (Å²) in [5.41, 5.74) is 2.46. The summed E-state index contributed by atoms with van der Waals surface area (Å²) in [5.74, 6) is 2.66. The molecule has 1 unspecified atom stereocenters. The second-order valence-electron chi connectivity index (χ2n) is 7.55. The van der Waals surface area contributed by atoms with Crippen LogP contribution in [0.25, 0.3) is 0 Å². The van der Waals surface area contributed by atoms with Gasteiger partial charge in [-0.05, 0) is 55.0 Å². The fraction of sp³-hybridized carbons (Fsp3) is 0.522. The Bertz CT molecular complexity index is 858. The second-order valence-corrected chi connectivity index (χ2v) is 8.55. The molecule has 170 valence electrons. The van der Waals surface area contributed by atoms with Crippen molar-refractivity contribution < 1.29 is 14.2 Å². The van der Waals surface area contributed by atoms with Crippen LogP contribution in [0, 0.1) is 0 Å². The number of benzene rings is 1. The highest BCUT2D eigenvalue weighted by Gasteiger charge is 2.21. The topological polar surface area (TPSA) is 67.4 Å². The summed E-state index contributed by atoms with van der Waals surface area (Å²) in [7, 11) is 4.85. The average molecular weight is 447 g/mol. The number of thiophene rings is 1. The van der Waals surface area contributed by atoms with Crippen LogP contribution in [0.3, 0.4) is 0 Å². The maximum atomic E-state index is 5.45. The number of aliphatic imine (C=N–C) groups is 1. The SMILES string of the molecule is CCNC(=NCc1cc(OC)c(OC)c(OC)c1)NCC(C)N1CCc2sccc2C1. The fourth-order valence-electron chi connectivity index (χ4n) is 3.76. The zero-order valence-electron chi connectivity index (χ0n) is 19.2. The van der Waals surface area contributed by atoms with Crippen LogP contribution in [0.5, 0.6) is 17.2 Å². The summed E-state index contributed by atoms with van der Waals surface area (Å²) >= 11 is 1.88. The van der Waals surface area contributed by atoms with E-state index in [1.807, 2.05) is 23.5 Å². The highest BCUT2D eigenvalue weighted by Crippen LogP contribution is 2.38. The van der Waals surface area contributed by atoms with Gasteiger partial charge in [-0.15, -0.1) is 11.3 Å². The number of ether oxygens (including phenoxy) is 3. The van der Waals surface area contributed by atoms with E-state index in [0.29, 0.717) is 29.8 Å². The van der Waals surface area contributed by atoms with Gasteiger partial charge in [0.05, 0.1) is 27.9 Å². The Morgan fingerprint density at radius 2 is 1.90 bits per heavy atom. The minimum atomic E-state index is 0.415. The van der Waals surface area contributed by atoms with Crippen molar-refractivity contribution in [3.8, 4) is 17.2 Å². The van der Waals surface area contributed by atoms with Gasteiger partial charge in [0.25, 0.3) is 0 Å². The molecule has 1 aliphatic heterocycles. The van der Waals surface area contributed by atoms with Crippen molar-refractivity contribution in [2.24, 2.45) is 4.99 Å². The van der Waals surface area contributed by atoms with Crippen LogP contribution in [0.1, 0.15) is 29.9 Å². The van der Waals surface area contributed by atoms with Crippen molar-refractivity contribution in [2.75, 3.05) is 41.0 Å². The van der Waals surface area contributed by atoms with E-state index in [4.69, 9.17) is 19.2 Å². The highest BCUT2D eigenvalue weighted by molar-refractivity contribution is 7.10. The quantitative estimate of drug-likeness (QED) is 0.455. The third-order valence-corrected chi connectivity index (χ3v) is 6.54. The van der Waals surface area contributed by atoms with Gasteiger partial charge >= 0.3 is 0 Å². The number of hydrogen-bond donors (Lipinski definition) is 2. The lowest BCUT2D eigenvalue weighted by atomic mass is 10.1. The van der Waals surface area contributed by atoms with Gasteiger partial charge in [-0.25, -0.2) is 4.99 Å². The first-order valence-electron chi connectivity index (χ1n) is 10.7. The van der Waals surface area contributed by atoms with E-state index < -0.39 is 0 Å². The summed E-state index contributed by atoms with van der Waals surface area (Å²) in [6, 6.07) is 6.54. The van der Waals surface area contributed by atoms with E-state index in [-0.39, 0.29) is 0 Å². The van der Waals surface area contributed by atoms with Gasteiger partial charge in [0.2, 0.25) is 5.75 Å². The van der Waals surface area contributed by atoms with Gasteiger partial charge in [-0.2, -0.15) is 0 Å². The molecule has 0 aliphatic carbocycles. The molecule has 0 amide bonds. The van der Waals surface area contributed by atoms with Crippen molar-refractivity contribution in [2.45, 2.75) is 39.4 Å². The number of nitrogens with zero attached hydrogens (tertiary/aromatic N) is 2. The maximum Gasteiger partial charge on any atom is 0.203 e. The van der Waals surface area contributed by atoms with Crippen LogP contribution in [0.15, 0.2) is 28.6 Å². The lowest BCUT2D eigenvalue weighted by Crippen LogP contribution is -2.47. The molecule has 1 aromatic heterocycles. The molecule has 0 bridgehead atoms. The zero-order chi connectivity index (χ0) is 22.2. The molecule has 0 saturated carbocycles. The minimum Gasteiger partial charge on any atom is -0.493 e. The van der Waals surface area contributed by atoms with Crippen LogP contribution in [0.2, 0.25) is 0 Å². The molecule has 2 heterocycles. The molecule has 3 rings (SSSR count). The van der Waals surface area contributed by atoms with Crippen molar-refractivity contribution in [1.29, 1.82) is 0 Å². The van der Waals surface area contributed by atoms with Crippen molar-refractivity contribution in [3.05, 3.63) is 39.6 Å². The third-order valence-electron chi connectivity index (χ3n) is 5.51. The Balaban J connectivity index is 1.62. The lowest BCUT2D eigenvalue weighted by Gasteiger charge is -2.32. The Labute approximate surface area is 189 Å². The van der Waals surface area contributed by atoms with Gasteiger partial charge in [-0.1, -0.05) is 0 Å². The lowest BCUT2D eigenvalue weighted by molar-refractivity contribution is 0.192. The van der Waals surface area contributed by atoms with E-state index in [9.17, 15) is 0 Å². The summed E-state index contributed by atoms with van der Waals surface area (Å²) in [6.07, 6.45) is 1.15. The Morgan fingerprint density at radius 1 is 1.16 bits per heavy atom.